The summed E-state index contributed by atoms with van der Waals surface area (Å²) in [4.78, 5) is 0.526. The fraction of sp³-hybridized carbons (Fsp3) is 0.333. The molecule has 1 unspecified atom stereocenters. The molecule has 1 aromatic carbocycles. The molecule has 1 aromatic rings. The predicted octanol–water partition coefficient (Wildman–Crippen LogP) is 4.01. The minimum atomic E-state index is -4.59. The number of hydrogen-bond donors (Lipinski definition) is 1. The zero-order valence-electron chi connectivity index (χ0n) is 7.76. The molecule has 0 radical (unpaired) electrons. The maximum atomic E-state index is 12.0. The molecule has 0 aromatic heterocycles. The third-order valence-corrected chi connectivity index (χ3v) is 3.49. The van der Waals surface area contributed by atoms with Crippen molar-refractivity contribution in [2.75, 3.05) is 5.75 Å². The normalized spacial score (nSPS) is 13.9. The molecular weight excluding hydrogens is 284 g/mol. The molecule has 0 heterocycles. The Bertz CT molecular complexity index is 370. The summed E-state index contributed by atoms with van der Waals surface area (Å²) in [6.45, 7) is 0. The molecule has 90 valence electrons. The van der Waals surface area contributed by atoms with Crippen LogP contribution in [0.3, 0.4) is 0 Å². The Kier molecular flexibility index (Phi) is 4.79. The summed E-state index contributed by atoms with van der Waals surface area (Å²) in [6.07, 6.45) is -6.93. The van der Waals surface area contributed by atoms with E-state index in [2.05, 4.69) is 0 Å². The Morgan fingerprint density at radius 2 is 1.88 bits per heavy atom. The van der Waals surface area contributed by atoms with Gasteiger partial charge < -0.3 is 5.11 Å². The second-order valence-electron chi connectivity index (χ2n) is 2.94. The lowest BCUT2D eigenvalue weighted by Gasteiger charge is -2.13. The summed E-state index contributed by atoms with van der Waals surface area (Å²) in [5, 5.41) is 9.37. The molecule has 1 rings (SSSR count). The van der Waals surface area contributed by atoms with E-state index in [1.165, 1.54) is 12.1 Å². The van der Waals surface area contributed by atoms with Crippen molar-refractivity contribution < 1.29 is 18.3 Å². The Labute approximate surface area is 105 Å². The third-order valence-electron chi connectivity index (χ3n) is 1.68. The van der Waals surface area contributed by atoms with Gasteiger partial charge in [0.1, 0.15) is 0 Å². The molecule has 1 nitrogen and oxygen atoms in total. The Morgan fingerprint density at radius 1 is 1.25 bits per heavy atom. The fourth-order valence-corrected chi connectivity index (χ4v) is 2.10. The Balaban J connectivity index is 2.58. The number of alkyl halides is 3. The average Bonchev–Trinajstić information content (AvgIpc) is 2.18. The quantitative estimate of drug-likeness (QED) is 0.849. The van der Waals surface area contributed by atoms with Gasteiger partial charge in [0.05, 0.1) is 10.0 Å². The van der Waals surface area contributed by atoms with E-state index >= 15 is 0 Å². The van der Waals surface area contributed by atoms with Crippen LogP contribution in [-0.4, -0.2) is 23.1 Å². The molecule has 0 aliphatic carbocycles. The van der Waals surface area contributed by atoms with E-state index in [-0.39, 0.29) is 5.02 Å². The second kappa shape index (κ2) is 5.49. The van der Waals surface area contributed by atoms with Crippen LogP contribution in [0.25, 0.3) is 0 Å². The summed E-state index contributed by atoms with van der Waals surface area (Å²) in [7, 11) is 0. The second-order valence-corrected chi connectivity index (χ2v) is 4.85. The van der Waals surface area contributed by atoms with Crippen LogP contribution < -0.4 is 0 Å². The van der Waals surface area contributed by atoms with Crippen molar-refractivity contribution in [3.05, 3.63) is 28.2 Å². The lowest BCUT2D eigenvalue weighted by molar-refractivity contribution is -0.195. The Morgan fingerprint density at radius 3 is 2.38 bits per heavy atom. The molecule has 7 heteroatoms. The van der Waals surface area contributed by atoms with Crippen LogP contribution in [0.1, 0.15) is 0 Å². The van der Waals surface area contributed by atoms with E-state index in [0.29, 0.717) is 9.92 Å². The largest absolute Gasteiger partial charge is 0.415 e. The number of rotatable bonds is 3. The van der Waals surface area contributed by atoms with E-state index in [1.807, 2.05) is 0 Å². The van der Waals surface area contributed by atoms with Gasteiger partial charge in [-0.1, -0.05) is 23.2 Å². The van der Waals surface area contributed by atoms with E-state index in [4.69, 9.17) is 28.3 Å². The number of halogens is 5. The van der Waals surface area contributed by atoms with E-state index in [9.17, 15) is 13.2 Å². The Hall–Kier alpha value is -0.100. The van der Waals surface area contributed by atoms with Crippen molar-refractivity contribution in [3.63, 3.8) is 0 Å². The third kappa shape index (κ3) is 4.05. The minimum absolute atomic E-state index is 0.271. The molecule has 0 amide bonds. The first kappa shape index (κ1) is 14.0. The SMILES string of the molecule is OC(CSc1ccc(Cl)c(Cl)c1)C(F)(F)F. The highest BCUT2D eigenvalue weighted by Gasteiger charge is 2.37. The number of aliphatic hydroxyl groups excluding tert-OH is 1. The summed E-state index contributed by atoms with van der Waals surface area (Å²) in [5.74, 6) is -0.471. The molecule has 0 saturated carbocycles. The number of aliphatic hydroxyl groups is 1. The van der Waals surface area contributed by atoms with Crippen LogP contribution in [0.2, 0.25) is 10.0 Å². The molecule has 1 N–H and O–H groups in total. The van der Waals surface area contributed by atoms with Gasteiger partial charge in [-0.25, -0.2) is 0 Å². The number of thioether (sulfide) groups is 1. The van der Waals surface area contributed by atoms with Crippen LogP contribution in [0, 0.1) is 0 Å². The zero-order chi connectivity index (χ0) is 12.3. The van der Waals surface area contributed by atoms with Crippen LogP contribution in [-0.2, 0) is 0 Å². The zero-order valence-corrected chi connectivity index (χ0v) is 10.1. The summed E-state index contributed by atoms with van der Waals surface area (Å²) < 4.78 is 36.0. The van der Waals surface area contributed by atoms with Crippen molar-refractivity contribution in [1.82, 2.24) is 0 Å². The van der Waals surface area contributed by atoms with Crippen molar-refractivity contribution in [2.45, 2.75) is 17.2 Å². The van der Waals surface area contributed by atoms with Crippen LogP contribution >= 0.6 is 35.0 Å². The minimum Gasteiger partial charge on any atom is -0.383 e. The van der Waals surface area contributed by atoms with Gasteiger partial charge in [0.25, 0.3) is 0 Å². The topological polar surface area (TPSA) is 20.2 Å². The standard InChI is InChI=1S/C9H7Cl2F3OS/c10-6-2-1-5(3-7(6)11)16-4-8(15)9(12,13)14/h1-3,8,15H,4H2. The van der Waals surface area contributed by atoms with E-state index in [0.717, 1.165) is 11.8 Å². The molecule has 16 heavy (non-hydrogen) atoms. The molecule has 0 fully saturated rings. The van der Waals surface area contributed by atoms with Gasteiger partial charge in [-0.2, -0.15) is 13.2 Å². The summed E-state index contributed by atoms with van der Waals surface area (Å²) in [5.41, 5.74) is 0. The molecular formula is C9H7Cl2F3OS. The van der Waals surface area contributed by atoms with Crippen LogP contribution in [0.15, 0.2) is 23.1 Å². The van der Waals surface area contributed by atoms with E-state index < -0.39 is 18.0 Å². The van der Waals surface area contributed by atoms with Gasteiger partial charge in [-0.15, -0.1) is 11.8 Å². The smallest absolute Gasteiger partial charge is 0.383 e. The maximum absolute atomic E-state index is 12.0. The van der Waals surface area contributed by atoms with Gasteiger partial charge in [0, 0.05) is 10.6 Å². The highest BCUT2D eigenvalue weighted by atomic mass is 35.5. The molecule has 0 saturated heterocycles. The highest BCUT2D eigenvalue weighted by molar-refractivity contribution is 7.99. The van der Waals surface area contributed by atoms with E-state index in [1.54, 1.807) is 6.07 Å². The monoisotopic (exact) mass is 290 g/mol. The van der Waals surface area contributed by atoms with Gasteiger partial charge in [-0.05, 0) is 18.2 Å². The predicted molar refractivity (Wildman–Crippen MR) is 59.2 cm³/mol. The fourth-order valence-electron chi connectivity index (χ4n) is 0.836. The van der Waals surface area contributed by atoms with Crippen molar-refractivity contribution in [2.24, 2.45) is 0 Å². The van der Waals surface area contributed by atoms with Gasteiger partial charge in [0.15, 0.2) is 6.10 Å². The highest BCUT2D eigenvalue weighted by Crippen LogP contribution is 2.30. The van der Waals surface area contributed by atoms with Crippen molar-refractivity contribution >= 4 is 35.0 Å². The lowest BCUT2D eigenvalue weighted by atomic mass is 10.4. The molecule has 0 aliphatic rings. The molecule has 0 spiro atoms. The van der Waals surface area contributed by atoms with Crippen molar-refractivity contribution in [1.29, 1.82) is 0 Å². The first-order valence-corrected chi connectivity index (χ1v) is 5.87. The first-order chi connectivity index (χ1) is 7.30. The number of benzene rings is 1. The first-order valence-electron chi connectivity index (χ1n) is 4.13. The molecule has 0 aliphatic heterocycles. The van der Waals surface area contributed by atoms with Crippen molar-refractivity contribution in [3.8, 4) is 0 Å². The van der Waals surface area contributed by atoms with Gasteiger partial charge in [0.2, 0.25) is 0 Å². The summed E-state index contributed by atoms with van der Waals surface area (Å²) in [6, 6.07) is 4.49. The van der Waals surface area contributed by atoms with Crippen LogP contribution in [0.5, 0.6) is 0 Å². The average molecular weight is 291 g/mol. The summed E-state index contributed by atoms with van der Waals surface area (Å²) >= 11 is 12.2. The molecule has 1 atom stereocenters. The maximum Gasteiger partial charge on any atom is 0.415 e. The number of hydrogen-bond acceptors (Lipinski definition) is 2. The molecule has 0 bridgehead atoms. The van der Waals surface area contributed by atoms with Gasteiger partial charge in [-0.3, -0.25) is 0 Å². The lowest BCUT2D eigenvalue weighted by Crippen LogP contribution is -2.30. The van der Waals surface area contributed by atoms with Gasteiger partial charge >= 0.3 is 6.18 Å². The van der Waals surface area contributed by atoms with Crippen LogP contribution in [0.4, 0.5) is 13.2 Å².